The van der Waals surface area contributed by atoms with Crippen molar-refractivity contribution in [1.82, 2.24) is 13.2 Å². The Morgan fingerprint density at radius 1 is 1.44 bits per heavy atom. The first-order valence-corrected chi connectivity index (χ1v) is 8.37. The molecule has 1 aromatic heterocycles. The Balaban J connectivity index is 2.12. The fraction of sp³-hybridized carbons (Fsp3) is 0.333. The molecule has 0 aliphatic rings. The molecular formula is C9H15N4O2P3. The molecule has 98 valence electrons. The zero-order valence-corrected chi connectivity index (χ0v) is 12.9. The quantitative estimate of drug-likeness (QED) is 0.827. The minimum Gasteiger partial charge on any atom is -0.415 e. The molecule has 6 nitrogen and oxygen atoms in total. The molecule has 0 fully saturated rings. The van der Waals surface area contributed by atoms with E-state index in [1.165, 1.54) is 0 Å². The first-order valence-electron chi connectivity index (χ1n) is 5.41. The largest absolute Gasteiger partial charge is 0.415 e. The average Bonchev–Trinajstić information content (AvgIpc) is 2.39. The van der Waals surface area contributed by atoms with Crippen molar-refractivity contribution < 1.29 is 9.36 Å². The van der Waals surface area contributed by atoms with Crippen molar-refractivity contribution in [2.24, 2.45) is 0 Å². The van der Waals surface area contributed by atoms with Gasteiger partial charge in [-0.1, -0.05) is 23.8 Å². The van der Waals surface area contributed by atoms with Gasteiger partial charge >= 0.3 is 0 Å². The minimum absolute atomic E-state index is 0.0999. The molecule has 0 saturated heterocycles. The molecule has 2 aromatic rings. The Kier molecular flexibility index (Phi) is 5.30. The van der Waals surface area contributed by atoms with E-state index in [2.05, 4.69) is 14.6 Å². The molecule has 2 unspecified atom stereocenters. The highest BCUT2D eigenvalue weighted by atomic mass is 31.2. The van der Waals surface area contributed by atoms with Crippen molar-refractivity contribution in [3.05, 3.63) is 30.3 Å². The topological polar surface area (TPSA) is 64.1 Å². The van der Waals surface area contributed by atoms with E-state index in [0.29, 0.717) is 8.51 Å². The van der Waals surface area contributed by atoms with Crippen LogP contribution in [0.15, 0.2) is 30.3 Å². The van der Waals surface area contributed by atoms with Gasteiger partial charge in [-0.2, -0.15) is 4.20 Å². The van der Waals surface area contributed by atoms with Crippen molar-refractivity contribution in [3.8, 4) is 5.75 Å². The number of hydrogen-bond acceptors (Lipinski definition) is 4. The molecule has 1 aromatic carbocycles. The van der Waals surface area contributed by atoms with Gasteiger partial charge in [0.2, 0.25) is 0 Å². The van der Waals surface area contributed by atoms with Crippen LogP contribution in [0.4, 0.5) is 0 Å². The van der Waals surface area contributed by atoms with E-state index in [1.807, 2.05) is 48.4 Å². The van der Waals surface area contributed by atoms with E-state index in [0.717, 1.165) is 14.3 Å². The Morgan fingerprint density at radius 2 is 2.22 bits per heavy atom. The fourth-order valence-electron chi connectivity index (χ4n) is 1.06. The van der Waals surface area contributed by atoms with Crippen LogP contribution in [0, 0.1) is 0 Å². The van der Waals surface area contributed by atoms with Crippen LogP contribution in [-0.4, -0.2) is 19.3 Å². The van der Waals surface area contributed by atoms with Gasteiger partial charge in [0.05, 0.1) is 6.10 Å². The van der Waals surface area contributed by atoms with Crippen LogP contribution in [0.3, 0.4) is 0 Å². The van der Waals surface area contributed by atoms with Crippen molar-refractivity contribution >= 4 is 25.1 Å². The lowest BCUT2D eigenvalue weighted by atomic mass is 10.3. The number of H-pyrrole nitrogens is 1. The van der Waals surface area contributed by atoms with Crippen LogP contribution in [0.1, 0.15) is 13.8 Å². The lowest BCUT2D eigenvalue weighted by Crippen LogP contribution is -2.17. The second-order valence-electron chi connectivity index (χ2n) is 3.64. The highest BCUT2D eigenvalue weighted by molar-refractivity contribution is 7.51. The van der Waals surface area contributed by atoms with Crippen LogP contribution >= 0.6 is 25.1 Å². The van der Waals surface area contributed by atoms with Crippen LogP contribution in [-0.2, 0) is 4.84 Å². The second-order valence-corrected chi connectivity index (χ2v) is 7.59. The summed E-state index contributed by atoms with van der Waals surface area (Å²) in [5.74, 6) is 0.811. The summed E-state index contributed by atoms with van der Waals surface area (Å²) in [6, 6.07) is 9.67. The second kappa shape index (κ2) is 6.98. The first-order chi connectivity index (χ1) is 8.75. The van der Waals surface area contributed by atoms with Gasteiger partial charge < -0.3 is 9.03 Å². The van der Waals surface area contributed by atoms with Gasteiger partial charge in [0.25, 0.3) is 8.08 Å². The van der Waals surface area contributed by atoms with Crippen molar-refractivity contribution in [2.75, 3.05) is 5.59 Å². The Labute approximate surface area is 110 Å². The predicted octanol–water partition coefficient (Wildman–Crippen LogP) is 3.66. The highest BCUT2D eigenvalue weighted by Crippen LogP contribution is 2.29. The van der Waals surface area contributed by atoms with Crippen molar-refractivity contribution in [3.63, 3.8) is 0 Å². The number of para-hydroxylation sites is 1. The van der Waals surface area contributed by atoms with Gasteiger partial charge in [-0.3, -0.25) is 4.84 Å². The lowest BCUT2D eigenvalue weighted by Gasteiger charge is -2.14. The summed E-state index contributed by atoms with van der Waals surface area (Å²) in [4.78, 5) is 5.37. The van der Waals surface area contributed by atoms with E-state index in [1.54, 1.807) is 0 Å². The maximum Gasteiger partial charge on any atom is 0.283 e. The van der Waals surface area contributed by atoms with Gasteiger partial charge in [0, 0.05) is 8.51 Å². The number of benzene rings is 1. The molecule has 9 heteroatoms. The number of aromatic nitrogens is 3. The summed E-state index contributed by atoms with van der Waals surface area (Å²) in [6.45, 7) is 3.92. The third kappa shape index (κ3) is 4.16. The van der Waals surface area contributed by atoms with Crippen molar-refractivity contribution in [2.45, 2.75) is 20.0 Å². The van der Waals surface area contributed by atoms with Gasteiger partial charge in [-0.05, 0) is 26.0 Å². The average molecular weight is 304 g/mol. The SMILES string of the molecule is CC(C)ONn1[pH][nH]pnp1Oc1ccccc1. The molecule has 2 atom stereocenters. The molecule has 2 rings (SSSR count). The molecule has 0 aliphatic carbocycles. The number of nitrogens with zero attached hydrogens (tertiary/aromatic N) is 2. The van der Waals surface area contributed by atoms with Crippen LogP contribution in [0.25, 0.3) is 0 Å². The van der Waals surface area contributed by atoms with Gasteiger partial charge in [0.1, 0.15) is 14.3 Å². The number of hydrogen-bond donors (Lipinski definition) is 2. The van der Waals surface area contributed by atoms with Crippen LogP contribution < -0.4 is 10.1 Å². The summed E-state index contributed by atoms with van der Waals surface area (Å²) < 4.78 is 15.2. The monoisotopic (exact) mass is 304 g/mol. The lowest BCUT2D eigenvalue weighted by molar-refractivity contribution is 0.105. The Hall–Kier alpha value is -0.760. The number of aromatic amines is 1. The minimum atomic E-state index is -1.08. The fourth-order valence-corrected chi connectivity index (χ4v) is 4.81. The Morgan fingerprint density at radius 3 is 2.94 bits per heavy atom. The molecule has 0 saturated carbocycles. The van der Waals surface area contributed by atoms with E-state index < -0.39 is 8.08 Å². The molecule has 0 aliphatic heterocycles. The maximum atomic E-state index is 5.84. The zero-order valence-electron chi connectivity index (χ0n) is 10.1. The summed E-state index contributed by atoms with van der Waals surface area (Å²) in [5, 5.41) is 0. The van der Waals surface area contributed by atoms with Gasteiger partial charge in [-0.15, -0.1) is 4.51 Å². The highest BCUT2D eigenvalue weighted by Gasteiger charge is 2.04. The van der Waals surface area contributed by atoms with Gasteiger partial charge in [-0.25, -0.2) is 0 Å². The summed E-state index contributed by atoms with van der Waals surface area (Å²) >= 11 is 0. The zero-order chi connectivity index (χ0) is 12.8. The number of rotatable bonds is 5. The first kappa shape index (κ1) is 13.7. The third-order valence-corrected chi connectivity index (χ3v) is 5.49. The molecule has 2 N–H and O–H groups in total. The maximum absolute atomic E-state index is 5.84. The molecule has 0 bridgehead atoms. The molecule has 0 spiro atoms. The summed E-state index contributed by atoms with van der Waals surface area (Å²) in [5.41, 5.74) is 2.88. The standard InChI is InChI=1S/C9H15N4O2P3/c1-8(2)14-10-13-17-11-16-12-18(13)15-9-6-4-3-5-7-9/h3-8,10,17H,1-2H3,(H,11,12). The summed E-state index contributed by atoms with van der Waals surface area (Å²) in [6.07, 6.45) is 0.0999. The Bertz CT molecular complexity index is 500. The molecule has 0 radical (unpaired) electrons. The molecule has 0 amide bonds. The smallest absolute Gasteiger partial charge is 0.283 e. The van der Waals surface area contributed by atoms with E-state index in [9.17, 15) is 0 Å². The summed E-state index contributed by atoms with van der Waals surface area (Å²) in [7, 11) is 0.130. The van der Waals surface area contributed by atoms with E-state index in [4.69, 9.17) is 9.36 Å². The predicted molar refractivity (Wildman–Crippen MR) is 77.0 cm³/mol. The molecule has 18 heavy (non-hydrogen) atoms. The van der Waals surface area contributed by atoms with E-state index >= 15 is 0 Å². The van der Waals surface area contributed by atoms with Crippen molar-refractivity contribution in [1.29, 1.82) is 0 Å². The number of nitrogens with one attached hydrogen (secondary N) is 2. The normalized spacial score (nSPS) is 12.5. The van der Waals surface area contributed by atoms with Crippen LogP contribution in [0.2, 0.25) is 0 Å². The van der Waals surface area contributed by atoms with Crippen LogP contribution in [0.5, 0.6) is 5.75 Å². The molecular weight excluding hydrogens is 289 g/mol. The van der Waals surface area contributed by atoms with Gasteiger partial charge in [0.15, 0.2) is 0 Å². The van der Waals surface area contributed by atoms with E-state index in [-0.39, 0.29) is 6.10 Å². The molecule has 1 heterocycles. The third-order valence-electron chi connectivity index (χ3n) is 1.80.